The van der Waals surface area contributed by atoms with Crippen LogP contribution in [0.5, 0.6) is 0 Å². The molecular weight excluding hydrogens is 176 g/mol. The Bertz CT molecular complexity index is 159. The lowest BCUT2D eigenvalue weighted by Gasteiger charge is -2.30. The fourth-order valence-electron chi connectivity index (χ4n) is 0.970. The van der Waals surface area contributed by atoms with Crippen molar-refractivity contribution >= 4 is 0 Å². The lowest BCUT2D eigenvalue weighted by molar-refractivity contribution is 0.0968. The maximum Gasteiger partial charge on any atom is 0.0688 e. The highest BCUT2D eigenvalue weighted by atomic mass is 16.3. The van der Waals surface area contributed by atoms with Crippen LogP contribution in [0.1, 0.15) is 41.5 Å². The molecule has 0 radical (unpaired) electrons. The van der Waals surface area contributed by atoms with Crippen molar-refractivity contribution < 1.29 is 5.11 Å². The van der Waals surface area contributed by atoms with Gasteiger partial charge in [-0.25, -0.2) is 0 Å². The molecule has 1 atom stereocenters. The Morgan fingerprint density at radius 3 is 1.79 bits per heavy atom. The van der Waals surface area contributed by atoms with Crippen LogP contribution in [0.3, 0.4) is 0 Å². The Morgan fingerprint density at radius 2 is 1.43 bits per heavy atom. The van der Waals surface area contributed by atoms with Crippen molar-refractivity contribution in [1.29, 1.82) is 0 Å². The van der Waals surface area contributed by atoms with Crippen molar-refractivity contribution in [2.45, 2.75) is 58.7 Å². The molecule has 0 bridgehead atoms. The lowest BCUT2D eigenvalue weighted by Crippen LogP contribution is -2.51. The zero-order valence-electron chi connectivity index (χ0n) is 10.4. The zero-order chi connectivity index (χ0) is 11.4. The molecule has 0 aliphatic carbocycles. The quantitative estimate of drug-likeness (QED) is 0.585. The van der Waals surface area contributed by atoms with E-state index in [4.69, 9.17) is 0 Å². The predicted octanol–water partition coefficient (Wildman–Crippen LogP) is 1.12. The average Bonchev–Trinajstić information content (AvgIpc) is 1.96. The summed E-state index contributed by atoms with van der Waals surface area (Å²) < 4.78 is 0. The fraction of sp³-hybridized carbons (Fsp3) is 1.00. The van der Waals surface area contributed by atoms with Crippen LogP contribution in [0.4, 0.5) is 0 Å². The van der Waals surface area contributed by atoms with Crippen LogP contribution in [-0.4, -0.2) is 35.4 Å². The average molecular weight is 202 g/mol. The SMILES string of the molecule is CC(O)C(C)(C)NCCNC(C)(C)C. The summed E-state index contributed by atoms with van der Waals surface area (Å²) >= 11 is 0. The van der Waals surface area contributed by atoms with E-state index in [1.54, 1.807) is 0 Å². The van der Waals surface area contributed by atoms with Crippen molar-refractivity contribution in [3.05, 3.63) is 0 Å². The number of aliphatic hydroxyl groups excluding tert-OH is 1. The molecule has 0 spiro atoms. The monoisotopic (exact) mass is 202 g/mol. The van der Waals surface area contributed by atoms with E-state index in [1.165, 1.54) is 0 Å². The number of aliphatic hydroxyl groups is 1. The predicted molar refractivity (Wildman–Crippen MR) is 61.5 cm³/mol. The Labute approximate surface area is 88.3 Å². The molecule has 0 saturated carbocycles. The minimum absolute atomic E-state index is 0.163. The van der Waals surface area contributed by atoms with Gasteiger partial charge in [0.25, 0.3) is 0 Å². The summed E-state index contributed by atoms with van der Waals surface area (Å²) in [7, 11) is 0. The van der Waals surface area contributed by atoms with Crippen LogP contribution in [0.25, 0.3) is 0 Å². The van der Waals surface area contributed by atoms with Gasteiger partial charge in [0, 0.05) is 24.2 Å². The summed E-state index contributed by atoms with van der Waals surface area (Å²) in [6.07, 6.45) is -0.336. The molecule has 3 N–H and O–H groups in total. The first-order chi connectivity index (χ1) is 6.15. The molecule has 0 heterocycles. The van der Waals surface area contributed by atoms with E-state index >= 15 is 0 Å². The standard InChI is InChI=1S/C11H26N2O/c1-9(14)11(5,6)13-8-7-12-10(2,3)4/h9,12-14H,7-8H2,1-6H3. The molecule has 86 valence electrons. The molecule has 0 aliphatic heterocycles. The highest BCUT2D eigenvalue weighted by Crippen LogP contribution is 2.07. The Hall–Kier alpha value is -0.120. The molecule has 3 heteroatoms. The summed E-state index contributed by atoms with van der Waals surface area (Å²) in [5.41, 5.74) is -0.0454. The molecule has 0 aromatic carbocycles. The van der Waals surface area contributed by atoms with Crippen molar-refractivity contribution in [2.24, 2.45) is 0 Å². The van der Waals surface area contributed by atoms with E-state index in [0.717, 1.165) is 13.1 Å². The van der Waals surface area contributed by atoms with Gasteiger partial charge in [0.15, 0.2) is 0 Å². The molecule has 14 heavy (non-hydrogen) atoms. The number of rotatable bonds is 5. The van der Waals surface area contributed by atoms with Gasteiger partial charge in [-0.05, 0) is 41.5 Å². The third-order valence-electron chi connectivity index (χ3n) is 2.41. The molecule has 0 saturated heterocycles. The summed E-state index contributed by atoms with van der Waals surface area (Å²) in [4.78, 5) is 0. The summed E-state index contributed by atoms with van der Waals surface area (Å²) in [6.45, 7) is 14.1. The first kappa shape index (κ1) is 13.9. The van der Waals surface area contributed by atoms with Crippen LogP contribution in [0.2, 0.25) is 0 Å². The van der Waals surface area contributed by atoms with Crippen LogP contribution in [-0.2, 0) is 0 Å². The third kappa shape index (κ3) is 6.35. The van der Waals surface area contributed by atoms with Gasteiger partial charge < -0.3 is 15.7 Å². The second-order valence-corrected chi connectivity index (χ2v) is 5.50. The van der Waals surface area contributed by atoms with E-state index in [1.807, 2.05) is 20.8 Å². The molecule has 0 rings (SSSR count). The van der Waals surface area contributed by atoms with Crippen molar-refractivity contribution in [1.82, 2.24) is 10.6 Å². The largest absolute Gasteiger partial charge is 0.392 e. The van der Waals surface area contributed by atoms with Gasteiger partial charge in [0.05, 0.1) is 6.10 Å². The van der Waals surface area contributed by atoms with Crippen molar-refractivity contribution in [3.8, 4) is 0 Å². The maximum absolute atomic E-state index is 9.46. The Morgan fingerprint density at radius 1 is 1.00 bits per heavy atom. The minimum Gasteiger partial charge on any atom is -0.392 e. The summed E-state index contributed by atoms with van der Waals surface area (Å²) in [5.74, 6) is 0. The van der Waals surface area contributed by atoms with Crippen LogP contribution >= 0.6 is 0 Å². The first-order valence-corrected chi connectivity index (χ1v) is 5.33. The first-order valence-electron chi connectivity index (χ1n) is 5.33. The smallest absolute Gasteiger partial charge is 0.0688 e. The number of nitrogens with one attached hydrogen (secondary N) is 2. The van der Waals surface area contributed by atoms with Crippen molar-refractivity contribution in [3.63, 3.8) is 0 Å². The molecule has 0 aromatic rings. The Kier molecular flexibility index (Phi) is 5.06. The van der Waals surface area contributed by atoms with Gasteiger partial charge in [-0.3, -0.25) is 0 Å². The molecule has 0 amide bonds. The topological polar surface area (TPSA) is 44.3 Å². The molecule has 0 fully saturated rings. The third-order valence-corrected chi connectivity index (χ3v) is 2.41. The van der Waals surface area contributed by atoms with E-state index < -0.39 is 0 Å². The van der Waals surface area contributed by atoms with E-state index in [9.17, 15) is 5.11 Å². The number of hydrogen-bond acceptors (Lipinski definition) is 3. The fourth-order valence-corrected chi connectivity index (χ4v) is 0.970. The normalized spacial score (nSPS) is 15.6. The van der Waals surface area contributed by atoms with E-state index in [2.05, 4.69) is 31.4 Å². The second kappa shape index (κ2) is 5.10. The van der Waals surface area contributed by atoms with Gasteiger partial charge in [0.1, 0.15) is 0 Å². The van der Waals surface area contributed by atoms with Gasteiger partial charge in [-0.1, -0.05) is 0 Å². The highest BCUT2D eigenvalue weighted by Gasteiger charge is 2.22. The lowest BCUT2D eigenvalue weighted by atomic mass is 9.99. The van der Waals surface area contributed by atoms with E-state index in [0.29, 0.717) is 0 Å². The maximum atomic E-state index is 9.46. The molecule has 0 aliphatic rings. The molecule has 0 aromatic heterocycles. The summed E-state index contributed by atoms with van der Waals surface area (Å²) in [6, 6.07) is 0. The van der Waals surface area contributed by atoms with Gasteiger partial charge in [-0.2, -0.15) is 0 Å². The molecular formula is C11H26N2O. The minimum atomic E-state index is -0.336. The van der Waals surface area contributed by atoms with Gasteiger partial charge >= 0.3 is 0 Å². The molecule has 1 unspecified atom stereocenters. The Balaban J connectivity index is 3.65. The molecule has 3 nitrogen and oxygen atoms in total. The zero-order valence-corrected chi connectivity index (χ0v) is 10.4. The van der Waals surface area contributed by atoms with Crippen molar-refractivity contribution in [2.75, 3.05) is 13.1 Å². The second-order valence-electron chi connectivity index (χ2n) is 5.50. The number of hydrogen-bond donors (Lipinski definition) is 3. The van der Waals surface area contributed by atoms with Gasteiger partial charge in [-0.15, -0.1) is 0 Å². The summed E-state index contributed by atoms with van der Waals surface area (Å²) in [5, 5.41) is 16.2. The highest BCUT2D eigenvalue weighted by molar-refractivity contribution is 4.83. The van der Waals surface area contributed by atoms with E-state index in [-0.39, 0.29) is 17.2 Å². The van der Waals surface area contributed by atoms with Gasteiger partial charge in [0.2, 0.25) is 0 Å². The van der Waals surface area contributed by atoms with Crippen LogP contribution < -0.4 is 10.6 Å². The van der Waals surface area contributed by atoms with Crippen LogP contribution in [0, 0.1) is 0 Å². The van der Waals surface area contributed by atoms with Crippen LogP contribution in [0.15, 0.2) is 0 Å².